The Labute approximate surface area is 116 Å². The number of likely N-dealkylation sites (N-methyl/N-ethyl adjacent to an activating group) is 1. The van der Waals surface area contributed by atoms with E-state index in [2.05, 4.69) is 31.5 Å². The topological polar surface area (TPSA) is 44.4 Å². The fraction of sp³-hybridized carbons (Fsp3) is 0.462. The Bertz CT molecular complexity index is 424. The Balaban J connectivity index is 1.82. The summed E-state index contributed by atoms with van der Waals surface area (Å²) < 4.78 is 0.969. The molecule has 0 radical (unpaired) electrons. The van der Waals surface area contributed by atoms with E-state index >= 15 is 0 Å². The van der Waals surface area contributed by atoms with Gasteiger partial charge in [-0.2, -0.15) is 0 Å². The second-order valence-corrected chi connectivity index (χ2v) is 5.48. The molecule has 0 spiro atoms. The molecule has 4 nitrogen and oxygen atoms in total. The van der Waals surface area contributed by atoms with Crippen molar-refractivity contribution in [3.05, 3.63) is 28.7 Å². The van der Waals surface area contributed by atoms with Crippen molar-refractivity contribution < 1.29 is 4.79 Å². The molecule has 1 unspecified atom stereocenters. The molecule has 0 bridgehead atoms. The predicted octanol–water partition coefficient (Wildman–Crippen LogP) is 1.68. The third-order valence-corrected chi connectivity index (χ3v) is 3.65. The molecular formula is C13H18BrN3O. The Kier molecular flexibility index (Phi) is 4.74. The SMILES string of the molecule is CNC1CCN(CC(=O)Nc2cccc(Br)c2)C1. The van der Waals surface area contributed by atoms with E-state index in [-0.39, 0.29) is 5.91 Å². The number of halogens is 1. The second kappa shape index (κ2) is 6.31. The molecule has 5 heteroatoms. The number of amides is 1. The van der Waals surface area contributed by atoms with E-state index in [0.29, 0.717) is 12.6 Å². The van der Waals surface area contributed by atoms with Crippen LogP contribution >= 0.6 is 15.9 Å². The van der Waals surface area contributed by atoms with Crippen LogP contribution in [-0.4, -0.2) is 43.5 Å². The molecule has 0 aromatic heterocycles. The molecule has 2 N–H and O–H groups in total. The molecule has 0 saturated carbocycles. The van der Waals surface area contributed by atoms with E-state index in [1.165, 1.54) is 0 Å². The summed E-state index contributed by atoms with van der Waals surface area (Å²) in [6.45, 7) is 2.39. The number of carbonyl (C=O) groups excluding carboxylic acids is 1. The van der Waals surface area contributed by atoms with Gasteiger partial charge in [-0.25, -0.2) is 0 Å². The summed E-state index contributed by atoms with van der Waals surface area (Å²) in [5.41, 5.74) is 0.832. The first-order valence-corrected chi connectivity index (χ1v) is 6.91. The van der Waals surface area contributed by atoms with E-state index in [9.17, 15) is 4.79 Å². The second-order valence-electron chi connectivity index (χ2n) is 4.57. The van der Waals surface area contributed by atoms with Crippen molar-refractivity contribution in [2.45, 2.75) is 12.5 Å². The van der Waals surface area contributed by atoms with Crippen molar-refractivity contribution >= 4 is 27.5 Å². The van der Waals surface area contributed by atoms with Gasteiger partial charge >= 0.3 is 0 Å². The highest BCUT2D eigenvalue weighted by Gasteiger charge is 2.22. The van der Waals surface area contributed by atoms with Crippen LogP contribution in [0.15, 0.2) is 28.7 Å². The Morgan fingerprint density at radius 1 is 1.56 bits per heavy atom. The van der Waals surface area contributed by atoms with Gasteiger partial charge in [0.1, 0.15) is 0 Å². The number of nitrogens with one attached hydrogen (secondary N) is 2. The predicted molar refractivity (Wildman–Crippen MR) is 76.7 cm³/mol. The lowest BCUT2D eigenvalue weighted by molar-refractivity contribution is -0.117. The third-order valence-electron chi connectivity index (χ3n) is 3.16. The highest BCUT2D eigenvalue weighted by atomic mass is 79.9. The lowest BCUT2D eigenvalue weighted by atomic mass is 10.3. The van der Waals surface area contributed by atoms with Crippen LogP contribution in [0, 0.1) is 0 Å². The van der Waals surface area contributed by atoms with Crippen molar-refractivity contribution in [3.63, 3.8) is 0 Å². The van der Waals surface area contributed by atoms with Gasteiger partial charge in [0.05, 0.1) is 6.54 Å². The normalized spacial score (nSPS) is 20.0. The summed E-state index contributed by atoms with van der Waals surface area (Å²) in [4.78, 5) is 14.1. The number of hydrogen-bond donors (Lipinski definition) is 2. The van der Waals surface area contributed by atoms with Crippen molar-refractivity contribution in [2.75, 3.05) is 32.0 Å². The molecule has 0 aliphatic carbocycles. The largest absolute Gasteiger partial charge is 0.325 e. The Morgan fingerprint density at radius 3 is 3.06 bits per heavy atom. The molecule has 98 valence electrons. The lowest BCUT2D eigenvalue weighted by Crippen LogP contribution is -2.34. The minimum atomic E-state index is 0.0462. The van der Waals surface area contributed by atoms with Crippen LogP contribution < -0.4 is 10.6 Å². The molecule has 1 heterocycles. The molecule has 1 aromatic carbocycles. The summed E-state index contributed by atoms with van der Waals surface area (Å²) in [6, 6.07) is 8.16. The number of carbonyl (C=O) groups is 1. The third kappa shape index (κ3) is 3.80. The molecule has 2 rings (SSSR count). The maximum absolute atomic E-state index is 11.9. The van der Waals surface area contributed by atoms with Crippen molar-refractivity contribution in [2.24, 2.45) is 0 Å². The summed E-state index contributed by atoms with van der Waals surface area (Å²) in [6.07, 6.45) is 1.11. The van der Waals surface area contributed by atoms with Crippen LogP contribution in [0.1, 0.15) is 6.42 Å². The zero-order chi connectivity index (χ0) is 13.0. The number of nitrogens with zero attached hydrogens (tertiary/aromatic N) is 1. The van der Waals surface area contributed by atoms with Crippen LogP contribution in [0.25, 0.3) is 0 Å². The van der Waals surface area contributed by atoms with Gasteiger partial charge in [0.15, 0.2) is 0 Å². The van der Waals surface area contributed by atoms with Gasteiger partial charge in [0, 0.05) is 29.3 Å². The highest BCUT2D eigenvalue weighted by Crippen LogP contribution is 2.16. The van der Waals surface area contributed by atoms with Gasteiger partial charge in [-0.15, -0.1) is 0 Å². The van der Waals surface area contributed by atoms with Crippen LogP contribution in [0.2, 0.25) is 0 Å². The molecule has 1 saturated heterocycles. The molecule has 1 atom stereocenters. The summed E-state index contributed by atoms with van der Waals surface area (Å²) in [5.74, 6) is 0.0462. The maximum Gasteiger partial charge on any atom is 0.238 e. The van der Waals surface area contributed by atoms with E-state index in [1.54, 1.807) is 0 Å². The molecule has 1 aliphatic heterocycles. The van der Waals surface area contributed by atoms with Crippen LogP contribution in [0.5, 0.6) is 0 Å². The standard InChI is InChI=1S/C13H18BrN3O/c1-15-12-5-6-17(8-12)9-13(18)16-11-4-2-3-10(14)7-11/h2-4,7,12,15H,5-6,8-9H2,1H3,(H,16,18). The van der Waals surface area contributed by atoms with E-state index < -0.39 is 0 Å². The fourth-order valence-electron chi connectivity index (χ4n) is 2.18. The number of anilines is 1. The number of hydrogen-bond acceptors (Lipinski definition) is 3. The van der Waals surface area contributed by atoms with Crippen LogP contribution in [0.4, 0.5) is 5.69 Å². The Morgan fingerprint density at radius 2 is 2.39 bits per heavy atom. The number of rotatable bonds is 4. The minimum Gasteiger partial charge on any atom is -0.325 e. The van der Waals surface area contributed by atoms with Gasteiger partial charge in [-0.3, -0.25) is 9.69 Å². The highest BCUT2D eigenvalue weighted by molar-refractivity contribution is 9.10. The smallest absolute Gasteiger partial charge is 0.238 e. The van der Waals surface area contributed by atoms with Crippen LogP contribution in [-0.2, 0) is 4.79 Å². The van der Waals surface area contributed by atoms with Crippen LogP contribution in [0.3, 0.4) is 0 Å². The van der Waals surface area contributed by atoms with Crippen molar-refractivity contribution in [1.82, 2.24) is 10.2 Å². The van der Waals surface area contributed by atoms with E-state index in [4.69, 9.17) is 0 Å². The van der Waals surface area contributed by atoms with Crippen molar-refractivity contribution in [1.29, 1.82) is 0 Å². The molecule has 1 aliphatic rings. The summed E-state index contributed by atoms with van der Waals surface area (Å²) >= 11 is 3.39. The first-order valence-electron chi connectivity index (χ1n) is 6.12. The van der Waals surface area contributed by atoms with Crippen molar-refractivity contribution in [3.8, 4) is 0 Å². The first kappa shape index (κ1) is 13.5. The lowest BCUT2D eigenvalue weighted by Gasteiger charge is -2.15. The molecule has 1 aromatic rings. The van der Waals surface area contributed by atoms with Gasteiger partial charge in [-0.1, -0.05) is 22.0 Å². The van der Waals surface area contributed by atoms with E-state index in [1.807, 2.05) is 31.3 Å². The monoisotopic (exact) mass is 311 g/mol. The Hall–Kier alpha value is -0.910. The van der Waals surface area contributed by atoms with Gasteiger partial charge in [0.2, 0.25) is 5.91 Å². The quantitative estimate of drug-likeness (QED) is 0.889. The fourth-order valence-corrected chi connectivity index (χ4v) is 2.58. The molecule has 1 fully saturated rings. The molecule has 18 heavy (non-hydrogen) atoms. The molecule has 1 amide bonds. The first-order chi connectivity index (χ1) is 8.67. The zero-order valence-electron chi connectivity index (χ0n) is 10.4. The van der Waals surface area contributed by atoms with E-state index in [0.717, 1.165) is 29.7 Å². The average molecular weight is 312 g/mol. The van der Waals surface area contributed by atoms with Gasteiger partial charge < -0.3 is 10.6 Å². The number of likely N-dealkylation sites (tertiary alicyclic amines) is 1. The summed E-state index contributed by atoms with van der Waals surface area (Å²) in [5, 5.41) is 6.16. The summed E-state index contributed by atoms with van der Waals surface area (Å²) in [7, 11) is 1.97. The zero-order valence-corrected chi connectivity index (χ0v) is 12.0. The molecular weight excluding hydrogens is 294 g/mol. The van der Waals surface area contributed by atoms with Gasteiger partial charge in [0.25, 0.3) is 0 Å². The minimum absolute atomic E-state index is 0.0462. The number of benzene rings is 1. The maximum atomic E-state index is 11.9. The average Bonchev–Trinajstić information content (AvgIpc) is 2.76. The van der Waals surface area contributed by atoms with Gasteiger partial charge in [-0.05, 0) is 31.7 Å².